The van der Waals surface area contributed by atoms with Crippen LogP contribution in [0.2, 0.25) is 0 Å². The van der Waals surface area contributed by atoms with E-state index >= 15 is 0 Å². The SMILES string of the molecule is Cn1c2ccccc2c2cccc(-c3cccc4c(-c5cccc6c5-c5ccccc5C65c6ccccc6-c6ccccc65)c5cccc(-c6cccc7c6[nH]c6ccccc67)c5cc34)c21. The lowest BCUT2D eigenvalue weighted by atomic mass is 9.70. The summed E-state index contributed by atoms with van der Waals surface area (Å²) in [6.07, 6.45) is 0. The fourth-order valence-corrected chi connectivity index (χ4v) is 12.8. The van der Waals surface area contributed by atoms with Crippen LogP contribution in [0.15, 0.2) is 218 Å². The number of nitrogens with one attached hydrogen (secondary N) is 1. The minimum absolute atomic E-state index is 0.443. The van der Waals surface area contributed by atoms with Crippen molar-refractivity contribution in [3.8, 4) is 55.6 Å². The average Bonchev–Trinajstić information content (AvgIpc) is 4.09. The molecule has 306 valence electrons. The number of H-pyrrole nitrogens is 1. The first-order chi connectivity index (χ1) is 32.7. The van der Waals surface area contributed by atoms with Crippen molar-refractivity contribution in [2.24, 2.45) is 7.05 Å². The molecular formula is C64H40N2. The van der Waals surface area contributed by atoms with Gasteiger partial charge in [0.25, 0.3) is 0 Å². The lowest BCUT2D eigenvalue weighted by molar-refractivity contribution is 0.794. The number of para-hydroxylation sites is 4. The maximum Gasteiger partial charge on any atom is 0.0725 e. The molecule has 0 fully saturated rings. The molecule has 1 spiro atoms. The molecule has 0 atom stereocenters. The van der Waals surface area contributed by atoms with Gasteiger partial charge in [0.1, 0.15) is 0 Å². The van der Waals surface area contributed by atoms with Crippen LogP contribution in [-0.2, 0) is 12.5 Å². The Labute approximate surface area is 381 Å². The molecule has 2 aromatic heterocycles. The van der Waals surface area contributed by atoms with Crippen LogP contribution in [0.5, 0.6) is 0 Å². The van der Waals surface area contributed by atoms with Crippen LogP contribution in [0.1, 0.15) is 22.3 Å². The highest BCUT2D eigenvalue weighted by Gasteiger charge is 2.52. The van der Waals surface area contributed by atoms with Gasteiger partial charge in [-0.25, -0.2) is 0 Å². The summed E-state index contributed by atoms with van der Waals surface area (Å²) in [4.78, 5) is 3.86. The third-order valence-corrected chi connectivity index (χ3v) is 15.4. The second-order valence-electron chi connectivity index (χ2n) is 18.3. The summed E-state index contributed by atoms with van der Waals surface area (Å²) in [5, 5.41) is 10.00. The van der Waals surface area contributed by atoms with Gasteiger partial charge in [0, 0.05) is 50.8 Å². The first-order valence-corrected chi connectivity index (χ1v) is 23.1. The number of aryl methyl sites for hydroxylation is 1. The Morgan fingerprint density at radius 3 is 1.52 bits per heavy atom. The molecule has 0 saturated heterocycles. The van der Waals surface area contributed by atoms with Crippen molar-refractivity contribution in [3.05, 3.63) is 241 Å². The van der Waals surface area contributed by atoms with Crippen LogP contribution >= 0.6 is 0 Å². The molecule has 2 aliphatic carbocycles. The normalized spacial score (nSPS) is 13.3. The Balaban J connectivity index is 1.10. The summed E-state index contributed by atoms with van der Waals surface area (Å²) in [7, 11) is 2.22. The second kappa shape index (κ2) is 13.1. The summed E-state index contributed by atoms with van der Waals surface area (Å²) < 4.78 is 2.39. The third-order valence-electron chi connectivity index (χ3n) is 15.4. The first-order valence-electron chi connectivity index (χ1n) is 23.1. The van der Waals surface area contributed by atoms with Gasteiger partial charge in [-0.2, -0.15) is 0 Å². The summed E-state index contributed by atoms with van der Waals surface area (Å²) in [6.45, 7) is 0. The highest BCUT2D eigenvalue weighted by molar-refractivity contribution is 6.24. The zero-order valence-electron chi connectivity index (χ0n) is 36.2. The number of rotatable bonds is 3. The molecule has 0 amide bonds. The summed E-state index contributed by atoms with van der Waals surface area (Å²) in [6, 6.07) is 82.2. The molecule has 11 aromatic carbocycles. The Morgan fingerprint density at radius 1 is 0.318 bits per heavy atom. The fourth-order valence-electron chi connectivity index (χ4n) is 12.8. The third kappa shape index (κ3) is 4.46. The number of benzene rings is 11. The zero-order valence-corrected chi connectivity index (χ0v) is 36.2. The topological polar surface area (TPSA) is 20.7 Å². The van der Waals surface area contributed by atoms with Gasteiger partial charge in [0.2, 0.25) is 0 Å². The van der Waals surface area contributed by atoms with Crippen molar-refractivity contribution in [1.29, 1.82) is 0 Å². The molecule has 0 aliphatic heterocycles. The minimum Gasteiger partial charge on any atom is -0.354 e. The fraction of sp³-hybridized carbons (Fsp3) is 0.0312. The molecule has 0 bridgehead atoms. The standard InChI is InChI=1S/C64H40N2/c1-66-59-36-11-6-20-43(59)49-29-15-28-48(63(49)66)39-23-13-25-45-53(39)37-52-38(46-26-14-27-47-42-19-5-10-35-58(42)65-62(46)47)22-12-24-44(52)60(45)51-30-16-34-57-61(51)50-21-4-9-33-56(50)64(57)54-31-7-2-17-40(54)41-18-3-8-32-55(41)64/h2-37,65H,1H3. The number of aromatic nitrogens is 2. The van der Waals surface area contributed by atoms with Crippen molar-refractivity contribution in [1.82, 2.24) is 9.55 Å². The molecule has 1 N–H and O–H groups in total. The smallest absolute Gasteiger partial charge is 0.0725 e. The van der Waals surface area contributed by atoms with Gasteiger partial charge in [0.05, 0.1) is 16.4 Å². The number of aromatic amines is 1. The number of hydrogen-bond acceptors (Lipinski definition) is 0. The minimum atomic E-state index is -0.443. The van der Waals surface area contributed by atoms with E-state index in [1.165, 1.54) is 132 Å². The Bertz CT molecular complexity index is 4210. The van der Waals surface area contributed by atoms with E-state index in [0.717, 1.165) is 11.0 Å². The maximum absolute atomic E-state index is 3.86. The van der Waals surface area contributed by atoms with Gasteiger partial charge in [0.15, 0.2) is 0 Å². The van der Waals surface area contributed by atoms with Crippen LogP contribution in [0.25, 0.3) is 121 Å². The predicted molar refractivity (Wildman–Crippen MR) is 277 cm³/mol. The lowest BCUT2D eigenvalue weighted by Crippen LogP contribution is -2.25. The molecule has 0 unspecified atom stereocenters. The Morgan fingerprint density at radius 2 is 0.788 bits per heavy atom. The van der Waals surface area contributed by atoms with Crippen LogP contribution in [0, 0.1) is 0 Å². The second-order valence-corrected chi connectivity index (χ2v) is 18.3. The summed E-state index contributed by atoms with van der Waals surface area (Å²) >= 11 is 0. The van der Waals surface area contributed by atoms with Crippen molar-refractivity contribution in [3.63, 3.8) is 0 Å². The highest BCUT2D eigenvalue weighted by atomic mass is 14.9. The van der Waals surface area contributed by atoms with E-state index in [4.69, 9.17) is 0 Å². The van der Waals surface area contributed by atoms with E-state index in [-0.39, 0.29) is 0 Å². The van der Waals surface area contributed by atoms with Gasteiger partial charge in [-0.05, 0) is 107 Å². The molecule has 0 radical (unpaired) electrons. The Hall–Kier alpha value is -8.46. The predicted octanol–water partition coefficient (Wildman–Crippen LogP) is 16.6. The quantitative estimate of drug-likeness (QED) is 0.171. The van der Waals surface area contributed by atoms with Gasteiger partial charge in [-0.1, -0.05) is 200 Å². The molecule has 2 aliphatic rings. The van der Waals surface area contributed by atoms with E-state index in [0.29, 0.717) is 0 Å². The van der Waals surface area contributed by atoms with Crippen LogP contribution in [0.3, 0.4) is 0 Å². The van der Waals surface area contributed by atoms with E-state index in [2.05, 4.69) is 235 Å². The van der Waals surface area contributed by atoms with E-state index < -0.39 is 5.41 Å². The van der Waals surface area contributed by atoms with Crippen molar-refractivity contribution < 1.29 is 0 Å². The van der Waals surface area contributed by atoms with Crippen LogP contribution in [0.4, 0.5) is 0 Å². The van der Waals surface area contributed by atoms with E-state index in [1.807, 2.05) is 0 Å². The van der Waals surface area contributed by atoms with Gasteiger partial charge in [-0.15, -0.1) is 0 Å². The molecule has 15 rings (SSSR count). The Kier molecular flexibility index (Phi) is 7.11. The molecular weight excluding hydrogens is 797 g/mol. The molecule has 66 heavy (non-hydrogen) atoms. The number of fused-ring (bicyclic) bond motifs is 18. The van der Waals surface area contributed by atoms with Crippen LogP contribution < -0.4 is 0 Å². The molecule has 2 nitrogen and oxygen atoms in total. The highest BCUT2D eigenvalue weighted by Crippen LogP contribution is 2.64. The number of hydrogen-bond donors (Lipinski definition) is 1. The van der Waals surface area contributed by atoms with Crippen molar-refractivity contribution in [2.45, 2.75) is 5.41 Å². The maximum atomic E-state index is 3.86. The summed E-state index contributed by atoms with van der Waals surface area (Å²) in [5.41, 5.74) is 22.4. The molecule has 2 heteroatoms. The van der Waals surface area contributed by atoms with Gasteiger partial charge in [-0.3, -0.25) is 0 Å². The zero-order chi connectivity index (χ0) is 43.3. The van der Waals surface area contributed by atoms with Crippen molar-refractivity contribution >= 4 is 65.2 Å². The molecule has 0 saturated carbocycles. The lowest BCUT2D eigenvalue weighted by Gasteiger charge is -2.30. The van der Waals surface area contributed by atoms with Crippen LogP contribution in [-0.4, -0.2) is 9.55 Å². The van der Waals surface area contributed by atoms with E-state index in [1.54, 1.807) is 0 Å². The van der Waals surface area contributed by atoms with Crippen molar-refractivity contribution in [2.75, 3.05) is 0 Å². The monoisotopic (exact) mass is 836 g/mol. The number of nitrogens with zero attached hydrogens (tertiary/aromatic N) is 1. The largest absolute Gasteiger partial charge is 0.354 e. The van der Waals surface area contributed by atoms with Gasteiger partial charge >= 0.3 is 0 Å². The molecule has 2 heterocycles. The van der Waals surface area contributed by atoms with Gasteiger partial charge < -0.3 is 9.55 Å². The molecule has 13 aromatic rings. The first kappa shape index (κ1) is 35.9. The average molecular weight is 837 g/mol. The van der Waals surface area contributed by atoms with E-state index in [9.17, 15) is 0 Å². The summed E-state index contributed by atoms with van der Waals surface area (Å²) in [5.74, 6) is 0.